The number of ether oxygens (including phenoxy) is 3. The molecule has 0 fully saturated rings. The van der Waals surface area contributed by atoms with Gasteiger partial charge in [0.15, 0.2) is 0 Å². The fourth-order valence-electron chi connectivity index (χ4n) is 1.49. The van der Waals surface area contributed by atoms with Crippen LogP contribution in [0.2, 0.25) is 0 Å². The highest BCUT2D eigenvalue weighted by Crippen LogP contribution is 2.05. The molecule has 0 saturated heterocycles. The second-order valence-electron chi connectivity index (χ2n) is 4.09. The molecule has 1 N–H and O–H groups in total. The van der Waals surface area contributed by atoms with Gasteiger partial charge in [0.1, 0.15) is 12.6 Å². The van der Waals surface area contributed by atoms with Crippen LogP contribution in [0.4, 0.5) is 0 Å². The Morgan fingerprint density at radius 2 is 2.00 bits per heavy atom. The lowest BCUT2D eigenvalue weighted by Gasteiger charge is -2.16. The highest BCUT2D eigenvalue weighted by molar-refractivity contribution is 5.84. The van der Waals surface area contributed by atoms with E-state index in [1.165, 1.54) is 14.2 Å². The number of nitrogens with one attached hydrogen (secondary N) is 1. The summed E-state index contributed by atoms with van der Waals surface area (Å²) in [7, 11) is 2.81. The zero-order valence-electron chi connectivity index (χ0n) is 12.0. The lowest BCUT2D eigenvalue weighted by Crippen LogP contribution is -2.43. The fourth-order valence-corrected chi connectivity index (χ4v) is 1.49. The minimum atomic E-state index is -0.697. The van der Waals surface area contributed by atoms with Crippen molar-refractivity contribution in [1.29, 1.82) is 5.26 Å². The van der Waals surface area contributed by atoms with E-state index in [4.69, 9.17) is 14.7 Å². The van der Waals surface area contributed by atoms with E-state index in [0.29, 0.717) is 38.9 Å². The Morgan fingerprint density at radius 3 is 2.60 bits per heavy atom. The standard InChI is InChI=1S/C13H22N2O5/c1-18-8-9-20-10-12(16)15-11(13(17)19-2)6-4-3-5-7-14/h11H,3-6,8-10H2,1-2H3,(H,15,16)/t11-/m1/s1. The average Bonchev–Trinajstić information content (AvgIpc) is 2.46. The van der Waals surface area contributed by atoms with Gasteiger partial charge >= 0.3 is 5.97 Å². The van der Waals surface area contributed by atoms with Crippen LogP contribution in [0.25, 0.3) is 0 Å². The first-order chi connectivity index (χ1) is 9.65. The Hall–Kier alpha value is -1.65. The van der Waals surface area contributed by atoms with Crippen LogP contribution in [0.1, 0.15) is 25.7 Å². The number of nitriles is 1. The van der Waals surface area contributed by atoms with Crippen molar-refractivity contribution in [3.05, 3.63) is 0 Å². The number of unbranched alkanes of at least 4 members (excludes halogenated alkanes) is 2. The molecule has 0 bridgehead atoms. The van der Waals surface area contributed by atoms with Crippen LogP contribution in [-0.4, -0.2) is 52.0 Å². The highest BCUT2D eigenvalue weighted by atomic mass is 16.5. The maximum atomic E-state index is 11.6. The molecule has 0 aliphatic carbocycles. The van der Waals surface area contributed by atoms with Gasteiger partial charge < -0.3 is 19.5 Å². The van der Waals surface area contributed by atoms with Crippen molar-refractivity contribution >= 4 is 11.9 Å². The third-order valence-electron chi connectivity index (χ3n) is 2.52. The van der Waals surface area contributed by atoms with Crippen molar-refractivity contribution in [2.45, 2.75) is 31.7 Å². The molecular formula is C13H22N2O5. The number of hydrogen-bond donors (Lipinski definition) is 1. The first kappa shape index (κ1) is 18.4. The zero-order valence-corrected chi connectivity index (χ0v) is 12.0. The summed E-state index contributed by atoms with van der Waals surface area (Å²) in [4.78, 5) is 23.1. The van der Waals surface area contributed by atoms with Gasteiger partial charge in [-0.1, -0.05) is 0 Å². The summed E-state index contributed by atoms with van der Waals surface area (Å²) in [6.07, 6.45) is 2.22. The molecule has 7 heteroatoms. The normalized spacial score (nSPS) is 11.4. The number of carbonyl (C=O) groups is 2. The summed E-state index contributed by atoms with van der Waals surface area (Å²) >= 11 is 0. The smallest absolute Gasteiger partial charge is 0.328 e. The molecule has 0 saturated carbocycles. The molecule has 0 aliphatic heterocycles. The molecule has 114 valence electrons. The molecule has 20 heavy (non-hydrogen) atoms. The van der Waals surface area contributed by atoms with Gasteiger partial charge in [0, 0.05) is 13.5 Å². The number of hydrogen-bond acceptors (Lipinski definition) is 6. The van der Waals surface area contributed by atoms with Crippen LogP contribution >= 0.6 is 0 Å². The minimum Gasteiger partial charge on any atom is -0.467 e. The second-order valence-corrected chi connectivity index (χ2v) is 4.09. The summed E-state index contributed by atoms with van der Waals surface area (Å²) in [5.41, 5.74) is 0. The van der Waals surface area contributed by atoms with Gasteiger partial charge in [0.25, 0.3) is 0 Å². The maximum absolute atomic E-state index is 11.6. The fraction of sp³-hybridized carbons (Fsp3) is 0.769. The van der Waals surface area contributed by atoms with Crippen molar-refractivity contribution in [3.63, 3.8) is 0 Å². The van der Waals surface area contributed by atoms with E-state index < -0.39 is 12.0 Å². The lowest BCUT2D eigenvalue weighted by atomic mass is 10.1. The lowest BCUT2D eigenvalue weighted by molar-refractivity contribution is -0.146. The van der Waals surface area contributed by atoms with Crippen molar-refractivity contribution in [2.24, 2.45) is 0 Å². The second kappa shape index (κ2) is 12.4. The predicted octanol–water partition coefficient (Wildman–Crippen LogP) is 0.391. The third-order valence-corrected chi connectivity index (χ3v) is 2.52. The molecule has 0 aliphatic rings. The molecule has 0 aromatic rings. The van der Waals surface area contributed by atoms with E-state index in [1.54, 1.807) is 0 Å². The number of nitrogens with zero attached hydrogens (tertiary/aromatic N) is 1. The highest BCUT2D eigenvalue weighted by Gasteiger charge is 2.20. The van der Waals surface area contributed by atoms with E-state index in [0.717, 1.165) is 0 Å². The van der Waals surface area contributed by atoms with Gasteiger partial charge in [-0.15, -0.1) is 0 Å². The Balaban J connectivity index is 4.04. The molecule has 1 atom stereocenters. The summed E-state index contributed by atoms with van der Waals surface area (Å²) in [6, 6.07) is 1.33. The quantitative estimate of drug-likeness (QED) is 0.436. The van der Waals surface area contributed by atoms with E-state index in [2.05, 4.69) is 10.1 Å². The first-order valence-corrected chi connectivity index (χ1v) is 6.46. The largest absolute Gasteiger partial charge is 0.467 e. The summed E-state index contributed by atoms with van der Waals surface area (Å²) in [5.74, 6) is -0.871. The van der Waals surface area contributed by atoms with E-state index >= 15 is 0 Å². The van der Waals surface area contributed by atoms with Crippen molar-refractivity contribution in [2.75, 3.05) is 34.0 Å². The van der Waals surface area contributed by atoms with E-state index in [-0.39, 0.29) is 12.5 Å². The molecule has 0 unspecified atom stereocenters. The molecule has 0 aromatic heterocycles. The SMILES string of the molecule is COCCOCC(=O)N[C@H](CCCCC#N)C(=O)OC. The monoisotopic (exact) mass is 286 g/mol. The topological polar surface area (TPSA) is 97.6 Å². The minimum absolute atomic E-state index is 0.130. The van der Waals surface area contributed by atoms with Gasteiger partial charge in [-0.05, 0) is 19.3 Å². The Bertz CT molecular complexity index is 327. The van der Waals surface area contributed by atoms with Gasteiger partial charge in [0.2, 0.25) is 5.91 Å². The van der Waals surface area contributed by atoms with Crippen LogP contribution in [0.3, 0.4) is 0 Å². The van der Waals surface area contributed by atoms with Crippen LogP contribution < -0.4 is 5.32 Å². The van der Waals surface area contributed by atoms with Crippen molar-refractivity contribution < 1.29 is 23.8 Å². The maximum Gasteiger partial charge on any atom is 0.328 e. The molecule has 0 spiro atoms. The van der Waals surface area contributed by atoms with Gasteiger partial charge in [0.05, 0.1) is 26.4 Å². The van der Waals surface area contributed by atoms with E-state index in [1.807, 2.05) is 6.07 Å². The third kappa shape index (κ3) is 9.30. The number of methoxy groups -OCH3 is 2. The molecule has 0 radical (unpaired) electrons. The van der Waals surface area contributed by atoms with Gasteiger partial charge in [-0.3, -0.25) is 4.79 Å². The summed E-state index contributed by atoms with van der Waals surface area (Å²) in [5, 5.41) is 11.0. The molecular weight excluding hydrogens is 264 g/mol. The van der Waals surface area contributed by atoms with Crippen LogP contribution in [0, 0.1) is 11.3 Å². The van der Waals surface area contributed by atoms with E-state index in [9.17, 15) is 9.59 Å². The number of rotatable bonds is 11. The predicted molar refractivity (Wildman–Crippen MR) is 70.7 cm³/mol. The Morgan fingerprint density at radius 1 is 1.25 bits per heavy atom. The molecule has 0 aromatic carbocycles. The van der Waals surface area contributed by atoms with Crippen LogP contribution in [-0.2, 0) is 23.8 Å². The summed E-state index contributed by atoms with van der Waals surface area (Å²) < 4.78 is 14.5. The summed E-state index contributed by atoms with van der Waals surface area (Å²) in [6.45, 7) is 0.589. The Labute approximate surface area is 119 Å². The number of amides is 1. The van der Waals surface area contributed by atoms with Gasteiger partial charge in [-0.2, -0.15) is 5.26 Å². The average molecular weight is 286 g/mol. The van der Waals surface area contributed by atoms with Crippen molar-refractivity contribution in [1.82, 2.24) is 5.32 Å². The zero-order chi connectivity index (χ0) is 15.2. The first-order valence-electron chi connectivity index (χ1n) is 6.46. The number of carbonyl (C=O) groups excluding carboxylic acids is 2. The van der Waals surface area contributed by atoms with Gasteiger partial charge in [-0.25, -0.2) is 4.79 Å². The molecule has 0 rings (SSSR count). The Kier molecular flexibility index (Phi) is 11.4. The van der Waals surface area contributed by atoms with Crippen LogP contribution in [0.5, 0.6) is 0 Å². The van der Waals surface area contributed by atoms with Crippen molar-refractivity contribution in [3.8, 4) is 6.07 Å². The molecule has 7 nitrogen and oxygen atoms in total. The molecule has 1 amide bonds. The molecule has 0 heterocycles. The number of esters is 1. The van der Waals surface area contributed by atoms with Crippen LogP contribution in [0.15, 0.2) is 0 Å².